The predicted octanol–water partition coefficient (Wildman–Crippen LogP) is 0.239. The Morgan fingerprint density at radius 1 is 1.24 bits per heavy atom. The lowest BCUT2D eigenvalue weighted by atomic mass is 10.2. The van der Waals surface area contributed by atoms with E-state index in [1.165, 1.54) is 0 Å². The van der Waals surface area contributed by atoms with Crippen molar-refractivity contribution in [2.75, 3.05) is 4.90 Å². The lowest BCUT2D eigenvalue weighted by Gasteiger charge is -2.41. The summed E-state index contributed by atoms with van der Waals surface area (Å²) in [7, 11) is 0. The number of nitrogens with zero attached hydrogens (tertiary/aromatic N) is 3. The maximum Gasteiger partial charge on any atom is 0.277 e. The normalized spacial score (nSPS) is 28.5. The Morgan fingerprint density at radius 3 is 2.53 bits per heavy atom. The van der Waals surface area contributed by atoms with Gasteiger partial charge in [-0.3, -0.25) is 10.5 Å². The van der Waals surface area contributed by atoms with Crippen molar-refractivity contribution in [2.45, 2.75) is 44.1 Å². The molecule has 4 rings (SSSR count). The van der Waals surface area contributed by atoms with Gasteiger partial charge in [0, 0.05) is 12.1 Å². The first kappa shape index (κ1) is 9.47. The molecule has 1 aromatic heterocycles. The van der Waals surface area contributed by atoms with E-state index in [-0.39, 0.29) is 12.2 Å². The number of amides is 1. The first-order chi connectivity index (χ1) is 8.27. The molecule has 1 amide bonds. The van der Waals surface area contributed by atoms with Gasteiger partial charge in [-0.25, -0.2) is 4.98 Å². The predicted molar refractivity (Wildman–Crippen MR) is 61.3 cm³/mol. The summed E-state index contributed by atoms with van der Waals surface area (Å²) in [6.07, 6.45) is 5.68. The van der Waals surface area contributed by atoms with Gasteiger partial charge in [0.15, 0.2) is 12.1 Å². The van der Waals surface area contributed by atoms with Crippen LogP contribution in [-0.4, -0.2) is 39.1 Å². The average molecular weight is 233 g/mol. The van der Waals surface area contributed by atoms with Crippen LogP contribution >= 0.6 is 0 Å². The third-order valence-corrected chi connectivity index (χ3v) is 3.76. The third-order valence-electron chi connectivity index (χ3n) is 3.76. The van der Waals surface area contributed by atoms with Crippen molar-refractivity contribution >= 4 is 11.7 Å². The largest absolute Gasteiger partial charge is 0.339 e. The lowest BCUT2D eigenvalue weighted by molar-refractivity contribution is 0.0628. The molecule has 6 heteroatoms. The highest BCUT2D eigenvalue weighted by atomic mass is 16.2. The number of aromatic amines is 1. The number of rotatable bonds is 2. The van der Waals surface area contributed by atoms with E-state index in [0.717, 1.165) is 31.5 Å². The van der Waals surface area contributed by atoms with Crippen molar-refractivity contribution in [3.8, 4) is 0 Å². The number of fused-ring (bicyclic) bond motifs is 1. The number of H-pyrrole nitrogens is 1. The van der Waals surface area contributed by atoms with Crippen LogP contribution in [0.2, 0.25) is 0 Å². The highest BCUT2D eigenvalue weighted by Crippen LogP contribution is 2.40. The molecule has 6 nitrogen and oxygen atoms in total. The fourth-order valence-electron chi connectivity index (χ4n) is 2.62. The quantitative estimate of drug-likeness (QED) is 0.767. The molecule has 0 bridgehead atoms. The van der Waals surface area contributed by atoms with Crippen LogP contribution in [0.5, 0.6) is 0 Å². The van der Waals surface area contributed by atoms with Crippen LogP contribution in [0.15, 0.2) is 6.33 Å². The molecule has 1 unspecified atom stereocenters. The highest BCUT2D eigenvalue weighted by Gasteiger charge is 2.48. The molecule has 1 atom stereocenters. The van der Waals surface area contributed by atoms with Gasteiger partial charge in [-0.2, -0.15) is 0 Å². The van der Waals surface area contributed by atoms with Crippen LogP contribution < -0.4 is 10.6 Å². The van der Waals surface area contributed by atoms with E-state index in [9.17, 15) is 4.79 Å². The molecule has 90 valence electrons. The minimum absolute atomic E-state index is 0.00407. The lowest BCUT2D eigenvalue weighted by Crippen LogP contribution is -2.61. The second-order valence-corrected chi connectivity index (χ2v) is 5.10. The van der Waals surface area contributed by atoms with Crippen molar-refractivity contribution in [3.63, 3.8) is 0 Å². The van der Waals surface area contributed by atoms with Gasteiger partial charge in [-0.15, -0.1) is 0 Å². The number of nitrogens with one attached hydrogen (secondary N) is 1. The van der Waals surface area contributed by atoms with E-state index in [4.69, 9.17) is 5.73 Å². The van der Waals surface area contributed by atoms with Gasteiger partial charge in [-0.05, 0) is 25.7 Å². The molecule has 2 aliphatic carbocycles. The van der Waals surface area contributed by atoms with Crippen LogP contribution in [0.4, 0.5) is 5.82 Å². The molecule has 0 aromatic carbocycles. The summed E-state index contributed by atoms with van der Waals surface area (Å²) in [5.41, 5.74) is 6.85. The number of nitrogens with two attached hydrogens (primary N) is 1. The number of hydrogen-bond donors (Lipinski definition) is 2. The van der Waals surface area contributed by atoms with Crippen LogP contribution in [0, 0.1) is 0 Å². The van der Waals surface area contributed by atoms with Crippen molar-refractivity contribution in [2.24, 2.45) is 5.73 Å². The van der Waals surface area contributed by atoms with Crippen LogP contribution in [-0.2, 0) is 0 Å². The monoisotopic (exact) mass is 233 g/mol. The minimum atomic E-state index is -0.335. The molecule has 3 N–H and O–H groups in total. The molecule has 2 fully saturated rings. The smallest absolute Gasteiger partial charge is 0.277 e. The van der Waals surface area contributed by atoms with E-state index < -0.39 is 0 Å². The number of aromatic nitrogens is 2. The molecule has 0 spiro atoms. The average Bonchev–Trinajstić information content (AvgIpc) is 3.19. The van der Waals surface area contributed by atoms with Gasteiger partial charge in [0.1, 0.15) is 5.69 Å². The summed E-state index contributed by atoms with van der Waals surface area (Å²) < 4.78 is 0. The zero-order chi connectivity index (χ0) is 11.6. The molecule has 2 heterocycles. The number of hydrogen-bond acceptors (Lipinski definition) is 4. The van der Waals surface area contributed by atoms with Gasteiger partial charge >= 0.3 is 0 Å². The fraction of sp³-hybridized carbons (Fsp3) is 0.636. The van der Waals surface area contributed by atoms with Gasteiger partial charge < -0.3 is 14.8 Å². The van der Waals surface area contributed by atoms with E-state index in [1.54, 1.807) is 6.33 Å². The summed E-state index contributed by atoms with van der Waals surface area (Å²) in [6, 6.07) is 0.789. The number of carbonyl (C=O) groups is 1. The van der Waals surface area contributed by atoms with E-state index >= 15 is 0 Å². The molecule has 17 heavy (non-hydrogen) atoms. The summed E-state index contributed by atoms with van der Waals surface area (Å²) in [4.78, 5) is 23.4. The van der Waals surface area contributed by atoms with E-state index in [1.807, 2.05) is 4.90 Å². The minimum Gasteiger partial charge on any atom is -0.339 e. The first-order valence-corrected chi connectivity index (χ1v) is 6.17. The Morgan fingerprint density at radius 2 is 1.88 bits per heavy atom. The molecule has 1 aromatic rings. The molecule has 1 aliphatic heterocycles. The SMILES string of the molecule is NC1N(C2CC2)C(=O)c2[nH]cnc2N1C1CC1. The molecule has 0 radical (unpaired) electrons. The van der Waals surface area contributed by atoms with Gasteiger partial charge in [0.2, 0.25) is 0 Å². The summed E-state index contributed by atoms with van der Waals surface area (Å²) in [5, 5.41) is 0. The molecule has 2 saturated carbocycles. The molecular formula is C11H15N5O. The van der Waals surface area contributed by atoms with Gasteiger partial charge in [0.25, 0.3) is 5.91 Å². The van der Waals surface area contributed by atoms with Crippen LogP contribution in [0.25, 0.3) is 0 Å². The zero-order valence-electron chi connectivity index (χ0n) is 9.47. The molecule has 0 saturated heterocycles. The Bertz CT molecular complexity index is 476. The topological polar surface area (TPSA) is 78.2 Å². The molecule has 3 aliphatic rings. The summed E-state index contributed by atoms with van der Waals surface area (Å²) in [5.74, 6) is 0.742. The first-order valence-electron chi connectivity index (χ1n) is 6.17. The van der Waals surface area contributed by atoms with E-state index in [0.29, 0.717) is 17.8 Å². The van der Waals surface area contributed by atoms with Crippen molar-refractivity contribution < 1.29 is 4.79 Å². The fourth-order valence-corrected chi connectivity index (χ4v) is 2.62. The van der Waals surface area contributed by atoms with Gasteiger partial charge in [0.05, 0.1) is 6.33 Å². The summed E-state index contributed by atoms with van der Waals surface area (Å²) in [6.45, 7) is 0. The maximum atomic E-state index is 12.3. The van der Waals surface area contributed by atoms with E-state index in [2.05, 4.69) is 14.9 Å². The van der Waals surface area contributed by atoms with Gasteiger partial charge in [-0.1, -0.05) is 0 Å². The number of anilines is 1. The third kappa shape index (κ3) is 1.24. The van der Waals surface area contributed by atoms with Crippen molar-refractivity contribution in [3.05, 3.63) is 12.0 Å². The standard InChI is InChI=1S/C11H15N5O/c12-11-15(6-1-2-6)9-8(13-5-14-9)10(17)16(11)7-3-4-7/h5-7,11H,1-4,12H2,(H,13,14). The number of carbonyl (C=O) groups excluding carboxylic acids is 1. The van der Waals surface area contributed by atoms with Crippen LogP contribution in [0.1, 0.15) is 36.2 Å². The Labute approximate surface area is 98.8 Å². The molecular weight excluding hydrogens is 218 g/mol. The van der Waals surface area contributed by atoms with Crippen molar-refractivity contribution in [1.82, 2.24) is 14.9 Å². The maximum absolute atomic E-state index is 12.3. The Balaban J connectivity index is 1.80. The summed E-state index contributed by atoms with van der Waals surface area (Å²) >= 11 is 0. The zero-order valence-corrected chi connectivity index (χ0v) is 9.47. The van der Waals surface area contributed by atoms with Crippen LogP contribution in [0.3, 0.4) is 0 Å². The second-order valence-electron chi connectivity index (χ2n) is 5.10. The Kier molecular flexibility index (Phi) is 1.68. The van der Waals surface area contributed by atoms with Crippen molar-refractivity contribution in [1.29, 1.82) is 0 Å². The second kappa shape index (κ2) is 3.01. The highest BCUT2D eigenvalue weighted by molar-refractivity contribution is 5.99. The number of imidazole rings is 1. The Hall–Kier alpha value is -1.56.